The third kappa shape index (κ3) is 7.22. The van der Waals surface area contributed by atoms with Gasteiger partial charge < -0.3 is 10.2 Å². The number of hydrogen-bond donors (Lipinski definition) is 1. The van der Waals surface area contributed by atoms with Crippen LogP contribution in [0.25, 0.3) is 53.5 Å². The van der Waals surface area contributed by atoms with Crippen LogP contribution in [0.1, 0.15) is 79.0 Å². The Morgan fingerprint density at radius 1 is 0.450 bits per heavy atom. The third-order valence-electron chi connectivity index (χ3n) is 12.1. The lowest BCUT2D eigenvalue weighted by Crippen LogP contribution is -2.15. The molecule has 8 aromatic carbocycles. The normalized spacial score (nSPS) is 12.5. The molecule has 9 rings (SSSR count). The average molecular weight is 822 g/mol. The summed E-state index contributed by atoms with van der Waals surface area (Å²) in [7, 11) is 0. The quantitative estimate of drug-likeness (QED) is 0.168. The summed E-state index contributed by atoms with van der Waals surface area (Å²) < 4.78 is 1.24. The summed E-state index contributed by atoms with van der Waals surface area (Å²) in [5.41, 5.74) is 11.1. The van der Waals surface area contributed by atoms with Gasteiger partial charge in [0.15, 0.2) is 0 Å². The molecule has 0 atom stereocenters. The van der Waals surface area contributed by atoms with Gasteiger partial charge in [-0.2, -0.15) is 0 Å². The number of nitrogens with one attached hydrogen (secondary N) is 1. The van der Waals surface area contributed by atoms with Crippen LogP contribution >= 0.6 is 22.9 Å². The van der Waals surface area contributed by atoms with Gasteiger partial charge in [0.05, 0.1) is 27.8 Å². The fourth-order valence-electron chi connectivity index (χ4n) is 8.55. The molecule has 0 spiro atoms. The summed E-state index contributed by atoms with van der Waals surface area (Å²) in [6.07, 6.45) is 0. The minimum Gasteiger partial charge on any atom is -0.354 e. The average Bonchev–Trinajstić information content (AvgIpc) is 3.64. The zero-order valence-electron chi connectivity index (χ0n) is 36.2. The fraction of sp³-hybridized carbons (Fsp3) is 0.214. The Morgan fingerprint density at radius 2 is 1.00 bits per heavy atom. The van der Waals surface area contributed by atoms with Gasteiger partial charge in [0, 0.05) is 26.7 Å². The van der Waals surface area contributed by atoms with Gasteiger partial charge in [-0.3, -0.25) is 0 Å². The predicted octanol–water partition coefficient (Wildman–Crippen LogP) is 17.8. The number of rotatable bonds is 6. The summed E-state index contributed by atoms with van der Waals surface area (Å²) in [4.78, 5) is 2.41. The lowest BCUT2D eigenvalue weighted by molar-refractivity contribution is 0.590. The Balaban J connectivity index is 1.30. The Morgan fingerprint density at radius 3 is 1.62 bits per heavy atom. The molecule has 0 amide bonds. The van der Waals surface area contributed by atoms with Crippen molar-refractivity contribution in [3.63, 3.8) is 0 Å². The molecule has 1 heterocycles. The van der Waals surface area contributed by atoms with Crippen molar-refractivity contribution in [3.05, 3.63) is 173 Å². The van der Waals surface area contributed by atoms with Gasteiger partial charge in [0.25, 0.3) is 0 Å². The molecule has 9 aromatic rings. The first-order chi connectivity index (χ1) is 28.6. The predicted molar refractivity (Wildman–Crippen MR) is 265 cm³/mol. The van der Waals surface area contributed by atoms with Crippen LogP contribution in [0.4, 0.5) is 28.4 Å². The molecule has 0 bridgehead atoms. The number of nitrogens with zero attached hydrogens (tertiary/aromatic N) is 1. The van der Waals surface area contributed by atoms with Crippen molar-refractivity contribution in [1.29, 1.82) is 0 Å². The summed E-state index contributed by atoms with van der Waals surface area (Å²) in [6.45, 7) is 20.5. The van der Waals surface area contributed by atoms with Gasteiger partial charge >= 0.3 is 0 Å². The molecule has 0 unspecified atom stereocenters. The Kier molecular flexibility index (Phi) is 9.85. The largest absolute Gasteiger partial charge is 0.354 e. The maximum Gasteiger partial charge on any atom is 0.0881 e. The van der Waals surface area contributed by atoms with Crippen LogP contribution in [0.15, 0.2) is 151 Å². The first-order valence-corrected chi connectivity index (χ1v) is 22.3. The molecule has 0 saturated carbocycles. The highest BCUT2D eigenvalue weighted by Crippen LogP contribution is 2.51. The van der Waals surface area contributed by atoms with Crippen LogP contribution in [0.5, 0.6) is 0 Å². The molecule has 300 valence electrons. The second-order valence-corrected chi connectivity index (χ2v) is 20.6. The first-order valence-electron chi connectivity index (χ1n) is 21.0. The van der Waals surface area contributed by atoms with E-state index in [1.165, 1.54) is 59.1 Å². The monoisotopic (exact) mass is 820 g/mol. The van der Waals surface area contributed by atoms with Crippen LogP contribution in [-0.2, 0) is 16.2 Å². The number of thiophene rings is 1. The van der Waals surface area contributed by atoms with Gasteiger partial charge in [-0.25, -0.2) is 0 Å². The van der Waals surface area contributed by atoms with E-state index in [2.05, 4.69) is 224 Å². The zero-order valence-corrected chi connectivity index (χ0v) is 37.7. The van der Waals surface area contributed by atoms with Crippen LogP contribution < -0.4 is 10.2 Å². The molecule has 0 radical (unpaired) electrons. The van der Waals surface area contributed by atoms with Crippen LogP contribution in [0, 0.1) is 0 Å². The summed E-state index contributed by atoms with van der Waals surface area (Å²) in [5, 5.41) is 15.4. The van der Waals surface area contributed by atoms with Crippen molar-refractivity contribution >= 4 is 93.8 Å². The topological polar surface area (TPSA) is 15.3 Å². The Labute approximate surface area is 364 Å². The van der Waals surface area contributed by atoms with Crippen LogP contribution in [-0.4, -0.2) is 0 Å². The van der Waals surface area contributed by atoms with Crippen molar-refractivity contribution < 1.29 is 0 Å². The summed E-state index contributed by atoms with van der Waals surface area (Å²) >= 11 is 9.46. The zero-order chi connectivity index (χ0) is 42.1. The summed E-state index contributed by atoms with van der Waals surface area (Å²) in [5.74, 6) is 0. The highest BCUT2D eigenvalue weighted by atomic mass is 35.5. The molecule has 0 fully saturated rings. The van der Waals surface area contributed by atoms with Crippen molar-refractivity contribution in [2.45, 2.75) is 78.6 Å². The van der Waals surface area contributed by atoms with E-state index in [1.807, 2.05) is 0 Å². The number of halogens is 1. The first kappa shape index (κ1) is 39.8. The van der Waals surface area contributed by atoms with E-state index in [-0.39, 0.29) is 16.2 Å². The van der Waals surface area contributed by atoms with Gasteiger partial charge in [-0.05, 0) is 125 Å². The maximum atomic E-state index is 7.68. The molecule has 0 aliphatic rings. The highest BCUT2D eigenvalue weighted by Gasteiger charge is 2.27. The lowest BCUT2D eigenvalue weighted by Gasteiger charge is -2.31. The molecular formula is C56H53ClN2S. The Hall–Kier alpha value is -5.61. The molecule has 4 heteroatoms. The van der Waals surface area contributed by atoms with Crippen molar-refractivity contribution in [2.24, 2.45) is 0 Å². The standard InChI is InChI=1S/C56H53ClN2S/c1-54(2,3)36-22-26-39(27-23-36)58-48-19-14-20-50(53(48)57)59(51-34-60-52-30-25-38(33-47(51)52)56(7,8)9)49-29-24-37(55(4,5)6)32-45(49)35-21-28-44-42-17-11-10-15-40(42)41-16-12-13-18-43(41)46(44)31-35/h10-34,58H,1-9H3. The smallest absolute Gasteiger partial charge is 0.0881 e. The van der Waals surface area contributed by atoms with Gasteiger partial charge in [0.1, 0.15) is 0 Å². The number of fused-ring (bicyclic) bond motifs is 7. The van der Waals surface area contributed by atoms with Gasteiger partial charge in [-0.1, -0.05) is 165 Å². The van der Waals surface area contributed by atoms with E-state index in [0.717, 1.165) is 39.6 Å². The van der Waals surface area contributed by atoms with E-state index >= 15 is 0 Å². The minimum atomic E-state index is -0.0709. The number of anilines is 5. The third-order valence-corrected chi connectivity index (χ3v) is 13.4. The molecular weight excluding hydrogens is 768 g/mol. The van der Waals surface area contributed by atoms with Gasteiger partial charge in [-0.15, -0.1) is 11.3 Å². The molecule has 60 heavy (non-hydrogen) atoms. The van der Waals surface area contributed by atoms with E-state index in [1.54, 1.807) is 11.3 Å². The molecule has 0 aliphatic carbocycles. The molecule has 0 aliphatic heterocycles. The highest BCUT2D eigenvalue weighted by molar-refractivity contribution is 7.17. The number of benzene rings is 8. The summed E-state index contributed by atoms with van der Waals surface area (Å²) in [6, 6.07) is 53.7. The van der Waals surface area contributed by atoms with Crippen molar-refractivity contribution in [1.82, 2.24) is 0 Å². The van der Waals surface area contributed by atoms with Crippen molar-refractivity contribution in [3.8, 4) is 11.1 Å². The van der Waals surface area contributed by atoms with E-state index in [9.17, 15) is 0 Å². The van der Waals surface area contributed by atoms with E-state index in [4.69, 9.17) is 11.6 Å². The van der Waals surface area contributed by atoms with Crippen molar-refractivity contribution in [2.75, 3.05) is 10.2 Å². The van der Waals surface area contributed by atoms with E-state index in [0.29, 0.717) is 5.02 Å². The molecule has 0 saturated heterocycles. The maximum absolute atomic E-state index is 7.68. The van der Waals surface area contributed by atoms with E-state index < -0.39 is 0 Å². The van der Waals surface area contributed by atoms with Crippen LogP contribution in [0.2, 0.25) is 5.02 Å². The fourth-order valence-corrected chi connectivity index (χ4v) is 9.71. The number of hydrogen-bond acceptors (Lipinski definition) is 3. The molecule has 1 N–H and O–H groups in total. The second kappa shape index (κ2) is 14.8. The second-order valence-electron chi connectivity index (χ2n) is 19.3. The minimum absolute atomic E-state index is 0.0141. The molecule has 1 aromatic heterocycles. The SMILES string of the molecule is CC(C)(C)c1ccc(Nc2cccc(N(c3ccc(C(C)(C)C)cc3-c3ccc4c5ccccc5c5ccccc5c4c3)c3csc4ccc(C(C)(C)C)cc34)c2Cl)cc1. The lowest BCUT2D eigenvalue weighted by atomic mass is 9.84. The molecule has 2 nitrogen and oxygen atoms in total. The Bertz CT molecular complexity index is 3040. The van der Waals surface area contributed by atoms with Gasteiger partial charge in [0.2, 0.25) is 0 Å². The van der Waals surface area contributed by atoms with Crippen LogP contribution in [0.3, 0.4) is 0 Å².